The molecule has 1 unspecified atom stereocenters. The predicted octanol–water partition coefficient (Wildman–Crippen LogP) is 11.2. The van der Waals surface area contributed by atoms with E-state index < -0.39 is 6.10 Å². The number of aliphatic hydroxyl groups is 1. The molecule has 1 N–H and O–H groups in total. The molecule has 0 aromatic carbocycles. The van der Waals surface area contributed by atoms with E-state index in [4.69, 9.17) is 9.47 Å². The smallest absolute Gasteiger partial charge is 0.306 e. The lowest BCUT2D eigenvalue weighted by atomic mass is 10.1. The van der Waals surface area contributed by atoms with E-state index in [1.54, 1.807) is 0 Å². The molecular formula is C37H70O4. The second-order valence-corrected chi connectivity index (χ2v) is 11.9. The van der Waals surface area contributed by atoms with Gasteiger partial charge in [-0.1, -0.05) is 154 Å². The molecule has 4 heteroatoms. The minimum atomic E-state index is -0.528. The Balaban J connectivity index is 3.40. The van der Waals surface area contributed by atoms with Gasteiger partial charge < -0.3 is 14.6 Å². The van der Waals surface area contributed by atoms with Gasteiger partial charge in [-0.2, -0.15) is 0 Å². The van der Waals surface area contributed by atoms with Gasteiger partial charge in [-0.3, -0.25) is 4.79 Å². The van der Waals surface area contributed by atoms with Crippen LogP contribution >= 0.6 is 0 Å². The van der Waals surface area contributed by atoms with Crippen LogP contribution in [0.4, 0.5) is 0 Å². The van der Waals surface area contributed by atoms with Gasteiger partial charge in [0.2, 0.25) is 0 Å². The largest absolute Gasteiger partial charge is 0.457 e. The molecule has 0 bridgehead atoms. The Kier molecular flexibility index (Phi) is 34.1. The summed E-state index contributed by atoms with van der Waals surface area (Å²) < 4.78 is 11.1. The van der Waals surface area contributed by atoms with Crippen LogP contribution in [0.1, 0.15) is 181 Å². The molecule has 0 heterocycles. The summed E-state index contributed by atoms with van der Waals surface area (Å²) in [6, 6.07) is 0. The summed E-state index contributed by atoms with van der Waals surface area (Å²) in [4.78, 5) is 12.0. The Morgan fingerprint density at radius 2 is 1.02 bits per heavy atom. The molecule has 0 aromatic rings. The second-order valence-electron chi connectivity index (χ2n) is 11.9. The minimum absolute atomic E-state index is 0.170. The number of unbranched alkanes of at least 4 members (excludes halogenated alkanes) is 21. The van der Waals surface area contributed by atoms with Gasteiger partial charge in [0, 0.05) is 13.0 Å². The normalized spacial score (nSPS) is 12.6. The minimum Gasteiger partial charge on any atom is -0.457 e. The maximum absolute atomic E-state index is 12.0. The molecular weight excluding hydrogens is 508 g/mol. The van der Waals surface area contributed by atoms with Crippen molar-refractivity contribution in [2.75, 3.05) is 19.8 Å². The lowest BCUT2D eigenvalue weighted by Crippen LogP contribution is -2.27. The highest BCUT2D eigenvalue weighted by Gasteiger charge is 2.13. The van der Waals surface area contributed by atoms with Crippen molar-refractivity contribution in [1.82, 2.24) is 0 Å². The highest BCUT2D eigenvalue weighted by molar-refractivity contribution is 5.69. The van der Waals surface area contributed by atoms with Crippen LogP contribution in [-0.4, -0.2) is 37.0 Å². The van der Waals surface area contributed by atoms with Crippen molar-refractivity contribution in [3.63, 3.8) is 0 Å². The van der Waals surface area contributed by atoms with E-state index in [-0.39, 0.29) is 12.6 Å². The lowest BCUT2D eigenvalue weighted by Gasteiger charge is -2.16. The summed E-state index contributed by atoms with van der Waals surface area (Å²) in [6.07, 6.45) is 40.8. The fraction of sp³-hybridized carbons (Fsp3) is 0.865. The summed E-state index contributed by atoms with van der Waals surface area (Å²) in [5.41, 5.74) is 0. The zero-order chi connectivity index (χ0) is 29.9. The zero-order valence-electron chi connectivity index (χ0n) is 27.6. The van der Waals surface area contributed by atoms with Gasteiger partial charge in [-0.25, -0.2) is 0 Å². The Bertz CT molecular complexity index is 571. The zero-order valence-corrected chi connectivity index (χ0v) is 27.6. The number of carbonyl (C=O) groups excluding carboxylic acids is 1. The molecule has 0 radical (unpaired) electrons. The SMILES string of the molecule is CCCCC/C=C\C/C=C\CCCCCCCCCCCCOCC(CO)OC(=O)CCCCCCCCCCC. The molecule has 0 spiro atoms. The molecule has 1 atom stereocenters. The van der Waals surface area contributed by atoms with Gasteiger partial charge in [0.05, 0.1) is 13.2 Å². The quantitative estimate of drug-likeness (QED) is 0.0478. The van der Waals surface area contributed by atoms with Gasteiger partial charge in [0.25, 0.3) is 0 Å². The summed E-state index contributed by atoms with van der Waals surface area (Å²) in [5, 5.41) is 9.51. The van der Waals surface area contributed by atoms with Crippen LogP contribution in [-0.2, 0) is 14.3 Å². The standard InChI is InChI=1S/C37H70O4/c1-3-5-7-9-11-13-14-15-16-17-18-19-20-21-22-23-25-27-29-31-33-40-35-36(34-38)41-37(39)32-30-28-26-24-12-10-8-6-4-2/h11,13,15-16,36,38H,3-10,12,14,17-35H2,1-2H3/b13-11-,16-15-. The number of hydrogen-bond acceptors (Lipinski definition) is 4. The Morgan fingerprint density at radius 3 is 1.56 bits per heavy atom. The third kappa shape index (κ3) is 33.2. The first kappa shape index (κ1) is 39.9. The summed E-state index contributed by atoms with van der Waals surface area (Å²) in [6.45, 7) is 5.30. The first-order valence-corrected chi connectivity index (χ1v) is 17.9. The van der Waals surface area contributed by atoms with Crippen LogP contribution in [0.25, 0.3) is 0 Å². The average Bonchev–Trinajstić information content (AvgIpc) is 2.98. The molecule has 0 aliphatic rings. The number of hydrogen-bond donors (Lipinski definition) is 1. The number of rotatable bonds is 33. The van der Waals surface area contributed by atoms with Crippen LogP contribution in [0.15, 0.2) is 24.3 Å². The number of allylic oxidation sites excluding steroid dienone is 4. The predicted molar refractivity (Wildman–Crippen MR) is 177 cm³/mol. The Labute approximate surface area is 256 Å². The monoisotopic (exact) mass is 579 g/mol. The van der Waals surface area contributed by atoms with E-state index >= 15 is 0 Å². The van der Waals surface area contributed by atoms with E-state index in [2.05, 4.69) is 38.2 Å². The van der Waals surface area contributed by atoms with Crippen molar-refractivity contribution in [1.29, 1.82) is 0 Å². The highest BCUT2D eigenvalue weighted by atomic mass is 16.6. The summed E-state index contributed by atoms with van der Waals surface area (Å²) >= 11 is 0. The van der Waals surface area contributed by atoms with Crippen LogP contribution in [0.3, 0.4) is 0 Å². The third-order valence-corrected chi connectivity index (χ3v) is 7.78. The molecule has 0 aliphatic carbocycles. The molecule has 0 aliphatic heterocycles. The highest BCUT2D eigenvalue weighted by Crippen LogP contribution is 2.13. The van der Waals surface area contributed by atoms with E-state index in [1.165, 1.54) is 135 Å². The number of ether oxygens (including phenoxy) is 2. The second kappa shape index (κ2) is 35.1. The van der Waals surface area contributed by atoms with Gasteiger partial charge in [-0.15, -0.1) is 0 Å². The van der Waals surface area contributed by atoms with Gasteiger partial charge in [0.1, 0.15) is 6.10 Å². The van der Waals surface area contributed by atoms with E-state index in [0.29, 0.717) is 19.6 Å². The van der Waals surface area contributed by atoms with E-state index in [1.807, 2.05) is 0 Å². The molecule has 0 amide bonds. The van der Waals surface area contributed by atoms with Crippen molar-refractivity contribution < 1.29 is 19.4 Å². The van der Waals surface area contributed by atoms with Gasteiger partial charge >= 0.3 is 5.97 Å². The first-order valence-electron chi connectivity index (χ1n) is 17.9. The fourth-order valence-electron chi connectivity index (χ4n) is 5.06. The van der Waals surface area contributed by atoms with Crippen LogP contribution in [0, 0.1) is 0 Å². The molecule has 0 saturated heterocycles. The fourth-order valence-corrected chi connectivity index (χ4v) is 5.06. The van der Waals surface area contributed by atoms with E-state index in [9.17, 15) is 9.90 Å². The van der Waals surface area contributed by atoms with Crippen molar-refractivity contribution >= 4 is 5.97 Å². The molecule has 0 rings (SSSR count). The maximum Gasteiger partial charge on any atom is 0.306 e. The Morgan fingerprint density at radius 1 is 0.585 bits per heavy atom. The van der Waals surface area contributed by atoms with Gasteiger partial charge in [0.15, 0.2) is 0 Å². The van der Waals surface area contributed by atoms with Gasteiger partial charge in [-0.05, 0) is 44.9 Å². The molecule has 0 aromatic heterocycles. The third-order valence-electron chi connectivity index (χ3n) is 7.78. The maximum atomic E-state index is 12.0. The van der Waals surface area contributed by atoms with Crippen molar-refractivity contribution in [3.05, 3.63) is 24.3 Å². The number of aliphatic hydroxyl groups excluding tert-OH is 1. The Hall–Kier alpha value is -1.13. The van der Waals surface area contributed by atoms with Crippen molar-refractivity contribution in [2.24, 2.45) is 0 Å². The van der Waals surface area contributed by atoms with Crippen molar-refractivity contribution in [3.8, 4) is 0 Å². The van der Waals surface area contributed by atoms with Crippen LogP contribution in [0.5, 0.6) is 0 Å². The molecule has 0 saturated carbocycles. The van der Waals surface area contributed by atoms with E-state index in [0.717, 1.165) is 25.7 Å². The first-order chi connectivity index (χ1) is 20.2. The molecule has 242 valence electrons. The van der Waals surface area contributed by atoms with Crippen LogP contribution in [0.2, 0.25) is 0 Å². The number of carbonyl (C=O) groups is 1. The summed E-state index contributed by atoms with van der Waals surface area (Å²) in [7, 11) is 0. The lowest BCUT2D eigenvalue weighted by molar-refractivity contribution is -0.154. The molecule has 0 fully saturated rings. The van der Waals surface area contributed by atoms with Crippen LogP contribution < -0.4 is 0 Å². The van der Waals surface area contributed by atoms with Crippen molar-refractivity contribution in [2.45, 2.75) is 187 Å². The summed E-state index contributed by atoms with van der Waals surface area (Å²) in [5.74, 6) is -0.205. The molecule has 4 nitrogen and oxygen atoms in total. The number of esters is 1. The molecule has 41 heavy (non-hydrogen) atoms. The average molecular weight is 579 g/mol. The topological polar surface area (TPSA) is 55.8 Å².